The highest BCUT2D eigenvalue weighted by molar-refractivity contribution is 5.40. The van der Waals surface area contributed by atoms with Crippen LogP contribution in [0.25, 0.3) is 0 Å². The molecule has 0 saturated heterocycles. The van der Waals surface area contributed by atoms with E-state index in [2.05, 4.69) is 0 Å². The lowest BCUT2D eigenvalue weighted by Gasteiger charge is -2.29. The standard InChI is InChI=1S/C14H15NO3/c15-11(8-10-4-3-7-16-10)14-9-17-12-5-1-2-6-13(12)18-14/h1-7,11,14H,8-9,15H2. The number of hydrogen-bond donors (Lipinski definition) is 1. The lowest BCUT2D eigenvalue weighted by Crippen LogP contribution is -2.46. The normalized spacial score (nSPS) is 19.5. The van der Waals surface area contributed by atoms with Crippen molar-refractivity contribution in [3.63, 3.8) is 0 Å². The maximum absolute atomic E-state index is 6.13. The van der Waals surface area contributed by atoms with Crippen molar-refractivity contribution < 1.29 is 13.9 Å². The molecular weight excluding hydrogens is 230 g/mol. The maximum Gasteiger partial charge on any atom is 0.161 e. The molecule has 0 aliphatic carbocycles. The second-order valence-corrected chi connectivity index (χ2v) is 4.36. The van der Waals surface area contributed by atoms with Crippen molar-refractivity contribution in [3.05, 3.63) is 48.4 Å². The molecule has 3 rings (SSSR count). The van der Waals surface area contributed by atoms with E-state index in [1.165, 1.54) is 0 Å². The van der Waals surface area contributed by atoms with Crippen LogP contribution in [0.1, 0.15) is 5.76 Å². The van der Waals surface area contributed by atoms with Gasteiger partial charge in [0.25, 0.3) is 0 Å². The van der Waals surface area contributed by atoms with Crippen molar-refractivity contribution in [2.24, 2.45) is 5.73 Å². The Bertz CT molecular complexity index is 510. The summed E-state index contributed by atoms with van der Waals surface area (Å²) in [5.41, 5.74) is 6.13. The van der Waals surface area contributed by atoms with E-state index in [0.29, 0.717) is 13.0 Å². The minimum absolute atomic E-state index is 0.148. The lowest BCUT2D eigenvalue weighted by molar-refractivity contribution is 0.0710. The highest BCUT2D eigenvalue weighted by Crippen LogP contribution is 2.31. The largest absolute Gasteiger partial charge is 0.486 e. The Morgan fingerprint density at radius 3 is 2.78 bits per heavy atom. The first-order valence-corrected chi connectivity index (χ1v) is 5.99. The van der Waals surface area contributed by atoms with Gasteiger partial charge in [0.1, 0.15) is 18.5 Å². The van der Waals surface area contributed by atoms with E-state index in [4.69, 9.17) is 19.6 Å². The van der Waals surface area contributed by atoms with Gasteiger partial charge in [-0.15, -0.1) is 0 Å². The number of para-hydroxylation sites is 2. The Hall–Kier alpha value is -1.94. The number of nitrogens with two attached hydrogens (primary N) is 1. The Labute approximate surface area is 105 Å². The lowest BCUT2D eigenvalue weighted by atomic mass is 10.1. The summed E-state index contributed by atoms with van der Waals surface area (Å²) < 4.78 is 16.8. The first-order valence-electron chi connectivity index (χ1n) is 5.99. The molecular formula is C14H15NO3. The second-order valence-electron chi connectivity index (χ2n) is 4.36. The molecule has 0 bridgehead atoms. The fourth-order valence-corrected chi connectivity index (χ4v) is 2.04. The Morgan fingerprint density at radius 1 is 1.17 bits per heavy atom. The van der Waals surface area contributed by atoms with Gasteiger partial charge in [-0.3, -0.25) is 0 Å². The Morgan fingerprint density at radius 2 is 2.00 bits per heavy atom. The van der Waals surface area contributed by atoms with Gasteiger partial charge >= 0.3 is 0 Å². The van der Waals surface area contributed by atoms with Gasteiger partial charge in [-0.25, -0.2) is 0 Å². The minimum Gasteiger partial charge on any atom is -0.486 e. The van der Waals surface area contributed by atoms with Crippen LogP contribution in [0, 0.1) is 0 Å². The Balaban J connectivity index is 1.68. The number of benzene rings is 1. The first-order chi connectivity index (χ1) is 8.83. The van der Waals surface area contributed by atoms with Crippen LogP contribution in [0.2, 0.25) is 0 Å². The van der Waals surface area contributed by atoms with E-state index in [-0.39, 0.29) is 12.1 Å². The Kier molecular flexibility index (Phi) is 2.94. The summed E-state index contributed by atoms with van der Waals surface area (Å²) in [6.07, 6.45) is 2.14. The molecule has 1 aliphatic rings. The van der Waals surface area contributed by atoms with Crippen LogP contribution in [-0.4, -0.2) is 18.8 Å². The molecule has 0 radical (unpaired) electrons. The van der Waals surface area contributed by atoms with Crippen LogP contribution < -0.4 is 15.2 Å². The van der Waals surface area contributed by atoms with E-state index < -0.39 is 0 Å². The van der Waals surface area contributed by atoms with Gasteiger partial charge in [0.15, 0.2) is 11.5 Å². The van der Waals surface area contributed by atoms with E-state index >= 15 is 0 Å². The zero-order valence-corrected chi connectivity index (χ0v) is 9.91. The zero-order valence-electron chi connectivity index (χ0n) is 9.91. The van der Waals surface area contributed by atoms with Gasteiger partial charge in [0.2, 0.25) is 0 Å². The summed E-state index contributed by atoms with van der Waals surface area (Å²) >= 11 is 0. The quantitative estimate of drug-likeness (QED) is 0.898. The summed E-state index contributed by atoms with van der Waals surface area (Å²) in [4.78, 5) is 0. The highest BCUT2D eigenvalue weighted by atomic mass is 16.6. The molecule has 2 aromatic rings. The van der Waals surface area contributed by atoms with Crippen molar-refractivity contribution in [2.75, 3.05) is 6.61 Å². The third-order valence-electron chi connectivity index (χ3n) is 3.03. The summed E-state index contributed by atoms with van der Waals surface area (Å²) in [6, 6.07) is 11.2. The summed E-state index contributed by atoms with van der Waals surface area (Å²) in [5.74, 6) is 2.40. The van der Waals surface area contributed by atoms with Crippen molar-refractivity contribution >= 4 is 0 Å². The van der Waals surface area contributed by atoms with Crippen LogP contribution >= 0.6 is 0 Å². The minimum atomic E-state index is -0.149. The monoisotopic (exact) mass is 245 g/mol. The number of rotatable bonds is 3. The molecule has 2 atom stereocenters. The average molecular weight is 245 g/mol. The summed E-state index contributed by atoms with van der Waals surface area (Å²) in [6.45, 7) is 0.471. The van der Waals surface area contributed by atoms with Gasteiger partial charge in [0.05, 0.1) is 12.3 Å². The fourth-order valence-electron chi connectivity index (χ4n) is 2.04. The first kappa shape index (κ1) is 11.2. The topological polar surface area (TPSA) is 57.6 Å². The average Bonchev–Trinajstić information content (AvgIpc) is 2.91. The van der Waals surface area contributed by atoms with Crippen LogP contribution in [0.15, 0.2) is 47.1 Å². The predicted molar refractivity (Wildman–Crippen MR) is 66.7 cm³/mol. The molecule has 2 N–H and O–H groups in total. The SMILES string of the molecule is NC(Cc1ccco1)C1COc2ccccc2O1. The third kappa shape index (κ3) is 2.19. The highest BCUT2D eigenvalue weighted by Gasteiger charge is 2.26. The molecule has 18 heavy (non-hydrogen) atoms. The smallest absolute Gasteiger partial charge is 0.161 e. The summed E-state index contributed by atoms with van der Waals surface area (Å²) in [7, 11) is 0. The molecule has 1 aliphatic heterocycles. The third-order valence-corrected chi connectivity index (χ3v) is 3.03. The molecule has 0 saturated carbocycles. The zero-order chi connectivity index (χ0) is 12.4. The molecule has 1 aromatic heterocycles. The molecule has 1 aromatic carbocycles. The van der Waals surface area contributed by atoms with Gasteiger partial charge < -0.3 is 19.6 Å². The van der Waals surface area contributed by atoms with E-state index in [9.17, 15) is 0 Å². The molecule has 0 fully saturated rings. The van der Waals surface area contributed by atoms with E-state index in [0.717, 1.165) is 17.3 Å². The second kappa shape index (κ2) is 4.74. The van der Waals surface area contributed by atoms with Crippen LogP contribution in [-0.2, 0) is 6.42 Å². The van der Waals surface area contributed by atoms with E-state index in [1.54, 1.807) is 6.26 Å². The summed E-state index contributed by atoms with van der Waals surface area (Å²) in [5, 5.41) is 0. The van der Waals surface area contributed by atoms with Gasteiger partial charge in [-0.1, -0.05) is 12.1 Å². The van der Waals surface area contributed by atoms with Crippen molar-refractivity contribution in [1.82, 2.24) is 0 Å². The molecule has 4 heteroatoms. The molecule has 2 unspecified atom stereocenters. The number of hydrogen-bond acceptors (Lipinski definition) is 4. The molecule has 4 nitrogen and oxygen atoms in total. The van der Waals surface area contributed by atoms with Gasteiger partial charge in [-0.05, 0) is 24.3 Å². The predicted octanol–water partition coefficient (Wildman–Crippen LogP) is 1.99. The maximum atomic E-state index is 6.13. The molecule has 0 spiro atoms. The van der Waals surface area contributed by atoms with Crippen molar-refractivity contribution in [3.8, 4) is 11.5 Å². The van der Waals surface area contributed by atoms with Crippen LogP contribution in [0.3, 0.4) is 0 Å². The molecule has 0 amide bonds. The van der Waals surface area contributed by atoms with Gasteiger partial charge in [-0.2, -0.15) is 0 Å². The number of furan rings is 1. The van der Waals surface area contributed by atoms with Crippen molar-refractivity contribution in [1.29, 1.82) is 0 Å². The molecule has 2 heterocycles. The number of fused-ring (bicyclic) bond motifs is 1. The van der Waals surface area contributed by atoms with Crippen molar-refractivity contribution in [2.45, 2.75) is 18.6 Å². The van der Waals surface area contributed by atoms with Crippen LogP contribution in [0.4, 0.5) is 0 Å². The fraction of sp³-hybridized carbons (Fsp3) is 0.286. The molecule has 94 valence electrons. The van der Waals surface area contributed by atoms with Gasteiger partial charge in [0, 0.05) is 6.42 Å². The number of ether oxygens (including phenoxy) is 2. The van der Waals surface area contributed by atoms with E-state index in [1.807, 2.05) is 36.4 Å². The van der Waals surface area contributed by atoms with Crippen LogP contribution in [0.5, 0.6) is 11.5 Å².